The molecule has 0 aliphatic rings. The van der Waals surface area contributed by atoms with Crippen molar-refractivity contribution < 1.29 is 9.21 Å². The highest BCUT2D eigenvalue weighted by Crippen LogP contribution is 1.95. The molecule has 1 unspecified atom stereocenters. The Hall–Kier alpha value is -2.02. The largest absolute Gasteiger partial charge is 0.430 e. The summed E-state index contributed by atoms with van der Waals surface area (Å²) in [6, 6.07) is 2.20. The van der Waals surface area contributed by atoms with Crippen LogP contribution in [0.15, 0.2) is 27.6 Å². The van der Waals surface area contributed by atoms with Crippen LogP contribution in [-0.4, -0.2) is 11.9 Å². The molecule has 1 N–H and O–H groups in total. The Morgan fingerprint density at radius 2 is 2.36 bits per heavy atom. The molecule has 0 bridgehead atoms. The van der Waals surface area contributed by atoms with Crippen LogP contribution in [0.1, 0.15) is 17.3 Å². The van der Waals surface area contributed by atoms with Crippen LogP contribution in [0.3, 0.4) is 0 Å². The van der Waals surface area contributed by atoms with E-state index >= 15 is 0 Å². The zero-order valence-corrected chi connectivity index (χ0v) is 7.61. The highest BCUT2D eigenvalue weighted by molar-refractivity contribution is 5.94. The van der Waals surface area contributed by atoms with Gasteiger partial charge in [-0.3, -0.25) is 4.79 Å². The predicted molar refractivity (Wildman–Crippen MR) is 50.7 cm³/mol. The van der Waals surface area contributed by atoms with Crippen LogP contribution in [0.4, 0.5) is 0 Å². The zero-order chi connectivity index (χ0) is 10.6. The fourth-order valence-corrected chi connectivity index (χ4v) is 0.809. The SMILES string of the molecule is C#CC(C)NC(=O)c1ccc(=O)oc1. The second-order valence-corrected chi connectivity index (χ2v) is 2.71. The molecule has 0 aliphatic heterocycles. The van der Waals surface area contributed by atoms with E-state index in [2.05, 4.69) is 15.7 Å². The lowest BCUT2D eigenvalue weighted by Crippen LogP contribution is -2.31. The van der Waals surface area contributed by atoms with Gasteiger partial charge in [-0.1, -0.05) is 5.92 Å². The minimum Gasteiger partial charge on any atom is -0.430 e. The number of terminal acetylenes is 1. The van der Waals surface area contributed by atoms with Gasteiger partial charge in [0.15, 0.2) is 0 Å². The Balaban J connectivity index is 2.76. The van der Waals surface area contributed by atoms with Crippen molar-refractivity contribution in [1.29, 1.82) is 0 Å². The van der Waals surface area contributed by atoms with Crippen LogP contribution in [0.5, 0.6) is 0 Å². The lowest BCUT2D eigenvalue weighted by Gasteiger charge is -2.06. The van der Waals surface area contributed by atoms with Gasteiger partial charge in [0.1, 0.15) is 6.26 Å². The average Bonchev–Trinajstić information content (AvgIpc) is 2.18. The maximum Gasteiger partial charge on any atom is 0.335 e. The van der Waals surface area contributed by atoms with Crippen LogP contribution >= 0.6 is 0 Å². The summed E-state index contributed by atoms with van der Waals surface area (Å²) in [5.41, 5.74) is -0.224. The monoisotopic (exact) mass is 191 g/mol. The van der Waals surface area contributed by atoms with Crippen molar-refractivity contribution in [2.24, 2.45) is 0 Å². The molecule has 4 heteroatoms. The average molecular weight is 191 g/mol. The Kier molecular flexibility index (Phi) is 3.08. The van der Waals surface area contributed by atoms with E-state index in [0.29, 0.717) is 0 Å². The Bertz CT molecular complexity index is 407. The first kappa shape index (κ1) is 10.1. The molecule has 1 rings (SSSR count). The highest BCUT2D eigenvalue weighted by atomic mass is 16.4. The van der Waals surface area contributed by atoms with Gasteiger partial charge in [-0.05, 0) is 13.0 Å². The van der Waals surface area contributed by atoms with Crippen molar-refractivity contribution in [1.82, 2.24) is 5.32 Å². The number of carbonyl (C=O) groups is 1. The molecular formula is C10H9NO3. The lowest BCUT2D eigenvalue weighted by molar-refractivity contribution is 0.0945. The van der Waals surface area contributed by atoms with Gasteiger partial charge >= 0.3 is 5.63 Å². The van der Waals surface area contributed by atoms with E-state index in [0.717, 1.165) is 6.26 Å². The fraction of sp³-hybridized carbons (Fsp3) is 0.200. The third-order valence-electron chi connectivity index (χ3n) is 1.56. The molecule has 0 saturated carbocycles. The first-order chi connectivity index (χ1) is 6.63. The number of rotatable bonds is 2. The van der Waals surface area contributed by atoms with Crippen LogP contribution < -0.4 is 10.9 Å². The molecule has 0 fully saturated rings. The summed E-state index contributed by atoms with van der Waals surface area (Å²) in [6.45, 7) is 1.68. The number of hydrogen-bond donors (Lipinski definition) is 1. The molecule has 0 radical (unpaired) electrons. The summed E-state index contributed by atoms with van der Waals surface area (Å²) < 4.78 is 4.53. The molecule has 72 valence electrons. The third kappa shape index (κ3) is 2.49. The van der Waals surface area contributed by atoms with Crippen LogP contribution in [0.2, 0.25) is 0 Å². The number of amides is 1. The summed E-state index contributed by atoms with van der Waals surface area (Å²) in [5, 5.41) is 2.53. The maximum atomic E-state index is 11.4. The van der Waals surface area contributed by atoms with Crippen molar-refractivity contribution >= 4 is 5.91 Å². The van der Waals surface area contributed by atoms with Gasteiger partial charge in [-0.15, -0.1) is 6.42 Å². The second kappa shape index (κ2) is 4.28. The van der Waals surface area contributed by atoms with E-state index in [9.17, 15) is 9.59 Å². The molecule has 1 amide bonds. The summed E-state index contributed by atoms with van der Waals surface area (Å²) in [7, 11) is 0. The molecule has 1 atom stereocenters. The van der Waals surface area contributed by atoms with Gasteiger partial charge in [0.2, 0.25) is 0 Å². The minimum absolute atomic E-state index is 0.270. The number of hydrogen-bond acceptors (Lipinski definition) is 3. The van der Waals surface area contributed by atoms with E-state index in [1.807, 2.05) is 0 Å². The van der Waals surface area contributed by atoms with E-state index in [-0.39, 0.29) is 17.5 Å². The summed E-state index contributed by atoms with van der Waals surface area (Å²) in [5.74, 6) is 1.99. The molecule has 14 heavy (non-hydrogen) atoms. The van der Waals surface area contributed by atoms with Gasteiger partial charge < -0.3 is 9.73 Å². The fourth-order valence-electron chi connectivity index (χ4n) is 0.809. The van der Waals surface area contributed by atoms with Gasteiger partial charge in [0.25, 0.3) is 5.91 Å². The first-order valence-corrected chi connectivity index (χ1v) is 3.99. The van der Waals surface area contributed by atoms with Crippen molar-refractivity contribution in [2.45, 2.75) is 13.0 Å². The Morgan fingerprint density at radius 1 is 1.64 bits per heavy atom. The van der Waals surface area contributed by atoms with Gasteiger partial charge in [-0.2, -0.15) is 0 Å². The van der Waals surface area contributed by atoms with Crippen LogP contribution in [0.25, 0.3) is 0 Å². The molecule has 1 aromatic heterocycles. The van der Waals surface area contributed by atoms with Gasteiger partial charge in [-0.25, -0.2) is 4.79 Å². The predicted octanol–water partition coefficient (Wildman–Crippen LogP) is 0.391. The van der Waals surface area contributed by atoms with Crippen molar-refractivity contribution in [3.63, 3.8) is 0 Å². The Morgan fingerprint density at radius 3 is 2.86 bits per heavy atom. The molecule has 1 aromatic rings. The first-order valence-electron chi connectivity index (χ1n) is 3.99. The number of nitrogens with one attached hydrogen (secondary N) is 1. The lowest BCUT2D eigenvalue weighted by atomic mass is 10.2. The third-order valence-corrected chi connectivity index (χ3v) is 1.56. The van der Waals surface area contributed by atoms with Gasteiger partial charge in [0, 0.05) is 6.07 Å². The molecular weight excluding hydrogens is 182 g/mol. The Labute approximate surface area is 80.9 Å². The molecule has 0 aliphatic carbocycles. The second-order valence-electron chi connectivity index (χ2n) is 2.71. The zero-order valence-electron chi connectivity index (χ0n) is 7.61. The topological polar surface area (TPSA) is 59.3 Å². The maximum absolute atomic E-state index is 11.4. The quantitative estimate of drug-likeness (QED) is 0.688. The summed E-state index contributed by atoms with van der Waals surface area (Å²) >= 11 is 0. The summed E-state index contributed by atoms with van der Waals surface area (Å²) in [4.78, 5) is 21.9. The molecule has 0 saturated heterocycles. The number of carbonyl (C=O) groups excluding carboxylic acids is 1. The van der Waals surface area contributed by atoms with E-state index in [4.69, 9.17) is 6.42 Å². The van der Waals surface area contributed by atoms with Crippen LogP contribution in [-0.2, 0) is 0 Å². The van der Waals surface area contributed by atoms with Crippen LogP contribution in [0, 0.1) is 12.3 Å². The minimum atomic E-state index is -0.494. The van der Waals surface area contributed by atoms with E-state index in [1.54, 1.807) is 6.92 Å². The standard InChI is InChI=1S/C10H9NO3/c1-3-7(2)11-10(13)8-4-5-9(12)14-6-8/h1,4-7H,2H3,(H,11,13). The van der Waals surface area contributed by atoms with Crippen molar-refractivity contribution in [2.75, 3.05) is 0 Å². The molecule has 4 nitrogen and oxygen atoms in total. The smallest absolute Gasteiger partial charge is 0.335 e. The summed E-state index contributed by atoms with van der Waals surface area (Å²) in [6.07, 6.45) is 6.18. The van der Waals surface area contributed by atoms with Gasteiger partial charge in [0.05, 0.1) is 11.6 Å². The molecule has 1 heterocycles. The normalized spacial score (nSPS) is 11.4. The molecule has 0 aromatic carbocycles. The highest BCUT2D eigenvalue weighted by Gasteiger charge is 2.07. The van der Waals surface area contributed by atoms with E-state index in [1.165, 1.54) is 12.1 Å². The molecule has 0 spiro atoms. The van der Waals surface area contributed by atoms with Crippen molar-refractivity contribution in [3.05, 3.63) is 34.4 Å². The van der Waals surface area contributed by atoms with E-state index < -0.39 is 5.63 Å². The van der Waals surface area contributed by atoms with Crippen molar-refractivity contribution in [3.8, 4) is 12.3 Å².